The molecule has 27 heavy (non-hydrogen) atoms. The van der Waals surface area contributed by atoms with Crippen LogP contribution >= 0.6 is 11.8 Å². The molecular formula is C21H23N3O2S. The molecule has 1 aromatic carbocycles. The van der Waals surface area contributed by atoms with Crippen molar-refractivity contribution in [2.75, 3.05) is 20.1 Å². The Hall–Kier alpha value is -2.34. The number of nitrogens with zero attached hydrogens (tertiary/aromatic N) is 3. The van der Waals surface area contributed by atoms with E-state index in [1.54, 1.807) is 18.0 Å². The Kier molecular flexibility index (Phi) is 5.16. The highest BCUT2D eigenvalue weighted by Crippen LogP contribution is 2.29. The average molecular weight is 382 g/mol. The molecule has 1 aromatic heterocycles. The summed E-state index contributed by atoms with van der Waals surface area (Å²) >= 11 is 1.68. The van der Waals surface area contributed by atoms with Gasteiger partial charge in [-0.15, -0.1) is 11.8 Å². The number of hydrogen-bond acceptors (Lipinski definition) is 4. The lowest BCUT2D eigenvalue weighted by molar-refractivity contribution is -0.138. The van der Waals surface area contributed by atoms with E-state index in [0.29, 0.717) is 18.7 Å². The topological polar surface area (TPSA) is 53.5 Å². The van der Waals surface area contributed by atoms with Crippen LogP contribution < -0.4 is 0 Å². The number of rotatable bonds is 4. The van der Waals surface area contributed by atoms with Crippen molar-refractivity contribution in [3.63, 3.8) is 0 Å². The Bertz CT molecular complexity index is 825. The maximum atomic E-state index is 13.0. The minimum absolute atomic E-state index is 0.0268. The molecule has 3 fully saturated rings. The molecule has 6 heteroatoms. The van der Waals surface area contributed by atoms with Gasteiger partial charge in [0.15, 0.2) is 0 Å². The van der Waals surface area contributed by atoms with E-state index in [9.17, 15) is 9.59 Å². The van der Waals surface area contributed by atoms with Gasteiger partial charge in [-0.3, -0.25) is 9.59 Å². The first-order valence-corrected chi connectivity index (χ1v) is 10.3. The van der Waals surface area contributed by atoms with Crippen molar-refractivity contribution in [2.45, 2.75) is 29.7 Å². The smallest absolute Gasteiger partial charge is 0.253 e. The van der Waals surface area contributed by atoms with E-state index >= 15 is 0 Å². The van der Waals surface area contributed by atoms with Crippen LogP contribution in [0.1, 0.15) is 28.8 Å². The van der Waals surface area contributed by atoms with E-state index in [4.69, 9.17) is 0 Å². The fraction of sp³-hybridized carbons (Fsp3) is 0.381. The highest BCUT2D eigenvalue weighted by Gasteiger charge is 2.40. The molecule has 5 rings (SSSR count). The van der Waals surface area contributed by atoms with Crippen LogP contribution in [0.15, 0.2) is 53.7 Å². The van der Waals surface area contributed by atoms with Crippen LogP contribution in [-0.2, 0) is 10.5 Å². The molecule has 2 atom stereocenters. The summed E-state index contributed by atoms with van der Waals surface area (Å²) in [6.45, 7) is 1.17. The molecular weight excluding hydrogens is 358 g/mol. The standard InChI is InChI=1S/C21H23N3O2S/c1-23-18-10-9-17(20(23)25)12-24(13-18)21(26)16-7-5-15(6-8-16)14-27-19-4-2-3-11-22-19/h2-8,11,17-18H,9-10,12-14H2,1H3/t17-,18+/m1/s1. The molecule has 0 N–H and O–H groups in total. The Morgan fingerprint density at radius 3 is 2.70 bits per heavy atom. The number of thioether (sulfide) groups is 1. The van der Waals surface area contributed by atoms with Crippen molar-refractivity contribution in [1.82, 2.24) is 14.8 Å². The quantitative estimate of drug-likeness (QED) is 0.764. The van der Waals surface area contributed by atoms with E-state index in [-0.39, 0.29) is 23.8 Å². The van der Waals surface area contributed by atoms with Crippen molar-refractivity contribution in [2.24, 2.45) is 5.92 Å². The summed E-state index contributed by atoms with van der Waals surface area (Å²) in [6.07, 6.45) is 3.67. The molecule has 3 aliphatic heterocycles. The van der Waals surface area contributed by atoms with Crippen LogP contribution in [0.4, 0.5) is 0 Å². The fourth-order valence-electron chi connectivity index (χ4n) is 3.84. The second kappa shape index (κ2) is 7.72. The van der Waals surface area contributed by atoms with Crippen LogP contribution in [0.2, 0.25) is 0 Å². The van der Waals surface area contributed by atoms with Gasteiger partial charge >= 0.3 is 0 Å². The zero-order valence-corrected chi connectivity index (χ0v) is 16.2. The van der Waals surface area contributed by atoms with Gasteiger partial charge in [-0.1, -0.05) is 18.2 Å². The molecule has 3 aliphatic rings. The summed E-state index contributed by atoms with van der Waals surface area (Å²) in [5.74, 6) is 0.979. The molecule has 3 saturated heterocycles. The molecule has 4 heterocycles. The van der Waals surface area contributed by atoms with Gasteiger partial charge in [0.1, 0.15) is 0 Å². The van der Waals surface area contributed by atoms with Crippen molar-refractivity contribution >= 4 is 23.6 Å². The van der Waals surface area contributed by atoms with E-state index < -0.39 is 0 Å². The normalized spacial score (nSPS) is 22.0. The van der Waals surface area contributed by atoms with E-state index in [1.165, 1.54) is 0 Å². The van der Waals surface area contributed by atoms with Gasteiger partial charge < -0.3 is 9.80 Å². The number of carbonyl (C=O) groups is 2. The zero-order chi connectivity index (χ0) is 18.8. The van der Waals surface area contributed by atoms with Gasteiger partial charge in [0.25, 0.3) is 5.91 Å². The SMILES string of the molecule is CN1C(=O)[C@@H]2CC[C@H]1CN(C(=O)c1ccc(CSc3ccccn3)cc1)C2. The summed E-state index contributed by atoms with van der Waals surface area (Å²) in [4.78, 5) is 33.3. The third-order valence-electron chi connectivity index (χ3n) is 5.48. The molecule has 140 valence electrons. The zero-order valence-electron chi connectivity index (χ0n) is 15.4. The first kappa shape index (κ1) is 18.0. The second-order valence-electron chi connectivity index (χ2n) is 7.24. The highest BCUT2D eigenvalue weighted by molar-refractivity contribution is 7.98. The molecule has 0 spiro atoms. The van der Waals surface area contributed by atoms with E-state index in [0.717, 1.165) is 29.2 Å². The van der Waals surface area contributed by atoms with Crippen molar-refractivity contribution in [1.29, 1.82) is 0 Å². The number of likely N-dealkylation sites (N-methyl/N-ethyl adjacent to an activating group) is 1. The van der Waals surface area contributed by atoms with Gasteiger partial charge in [-0.25, -0.2) is 4.98 Å². The predicted molar refractivity (Wildman–Crippen MR) is 105 cm³/mol. The monoisotopic (exact) mass is 381 g/mol. The van der Waals surface area contributed by atoms with Gasteiger partial charge in [0.05, 0.1) is 10.9 Å². The molecule has 0 unspecified atom stereocenters. The Morgan fingerprint density at radius 2 is 1.96 bits per heavy atom. The molecule has 5 nitrogen and oxygen atoms in total. The molecule has 2 amide bonds. The van der Waals surface area contributed by atoms with Crippen molar-refractivity contribution in [3.05, 3.63) is 59.8 Å². The predicted octanol–water partition coefficient (Wildman–Crippen LogP) is 3.07. The van der Waals surface area contributed by atoms with E-state index in [2.05, 4.69) is 4.98 Å². The summed E-state index contributed by atoms with van der Waals surface area (Å²) in [5, 5.41) is 0.992. The first-order valence-electron chi connectivity index (χ1n) is 9.30. The number of aromatic nitrogens is 1. The third-order valence-corrected chi connectivity index (χ3v) is 6.49. The number of hydrogen-bond donors (Lipinski definition) is 0. The van der Waals surface area contributed by atoms with Crippen molar-refractivity contribution in [3.8, 4) is 0 Å². The number of amides is 2. The average Bonchev–Trinajstić information content (AvgIpc) is 3.00. The summed E-state index contributed by atoms with van der Waals surface area (Å²) in [5.41, 5.74) is 1.85. The Balaban J connectivity index is 1.41. The molecule has 2 bridgehead atoms. The summed E-state index contributed by atoms with van der Waals surface area (Å²) in [7, 11) is 1.86. The minimum atomic E-state index is -0.0493. The number of fused-ring (bicyclic) bond motifs is 4. The van der Waals surface area contributed by atoms with Crippen LogP contribution in [0.5, 0.6) is 0 Å². The lowest BCUT2D eigenvalue weighted by Crippen LogP contribution is -2.45. The second-order valence-corrected chi connectivity index (χ2v) is 8.24. The maximum Gasteiger partial charge on any atom is 0.253 e. The van der Waals surface area contributed by atoms with E-state index in [1.807, 2.05) is 59.3 Å². The van der Waals surface area contributed by atoms with Crippen LogP contribution in [0.3, 0.4) is 0 Å². The molecule has 2 aromatic rings. The number of piperidine rings is 1. The third kappa shape index (κ3) is 3.86. The number of benzene rings is 1. The molecule has 0 radical (unpaired) electrons. The first-order chi connectivity index (χ1) is 13.1. The summed E-state index contributed by atoms with van der Waals surface area (Å²) < 4.78 is 0. The maximum absolute atomic E-state index is 13.0. The van der Waals surface area contributed by atoms with Gasteiger partial charge in [-0.2, -0.15) is 0 Å². The van der Waals surface area contributed by atoms with Gasteiger partial charge in [0, 0.05) is 43.7 Å². The minimum Gasteiger partial charge on any atom is -0.341 e. The van der Waals surface area contributed by atoms with Gasteiger partial charge in [-0.05, 0) is 42.7 Å². The van der Waals surface area contributed by atoms with Crippen LogP contribution in [0, 0.1) is 5.92 Å². The number of carbonyl (C=O) groups excluding carboxylic acids is 2. The molecule has 0 aliphatic carbocycles. The van der Waals surface area contributed by atoms with Crippen LogP contribution in [-0.4, -0.2) is 52.8 Å². The highest BCUT2D eigenvalue weighted by atomic mass is 32.2. The van der Waals surface area contributed by atoms with Crippen LogP contribution in [0.25, 0.3) is 0 Å². The largest absolute Gasteiger partial charge is 0.341 e. The lowest BCUT2D eigenvalue weighted by Gasteiger charge is -2.32. The fourth-order valence-corrected chi connectivity index (χ4v) is 4.66. The Labute approximate surface area is 163 Å². The Morgan fingerprint density at radius 1 is 1.15 bits per heavy atom. The molecule has 0 saturated carbocycles. The summed E-state index contributed by atoms with van der Waals surface area (Å²) in [6, 6.07) is 13.8. The lowest BCUT2D eigenvalue weighted by atomic mass is 9.95. The number of pyridine rings is 1. The van der Waals surface area contributed by atoms with Crippen molar-refractivity contribution < 1.29 is 9.59 Å². The van der Waals surface area contributed by atoms with Gasteiger partial charge in [0.2, 0.25) is 5.91 Å².